The van der Waals surface area contributed by atoms with Crippen molar-refractivity contribution in [3.05, 3.63) is 72.0 Å². The first-order valence-electron chi connectivity index (χ1n) is 7.53. The Bertz CT molecular complexity index is 602. The second-order valence-electron chi connectivity index (χ2n) is 5.14. The molecule has 0 bridgehead atoms. The van der Waals surface area contributed by atoms with Crippen molar-refractivity contribution in [1.29, 1.82) is 5.41 Å². The van der Waals surface area contributed by atoms with Crippen LogP contribution in [0.1, 0.15) is 13.8 Å². The van der Waals surface area contributed by atoms with Gasteiger partial charge < -0.3 is 10.7 Å². The van der Waals surface area contributed by atoms with Gasteiger partial charge >= 0.3 is 0 Å². The van der Waals surface area contributed by atoms with E-state index >= 15 is 0 Å². The molecule has 1 unspecified atom stereocenters. The van der Waals surface area contributed by atoms with Gasteiger partial charge in [0.25, 0.3) is 0 Å². The van der Waals surface area contributed by atoms with E-state index in [9.17, 15) is 4.39 Å². The molecule has 3 nitrogen and oxygen atoms in total. The summed E-state index contributed by atoms with van der Waals surface area (Å²) in [7, 11) is 0. The van der Waals surface area contributed by atoms with Gasteiger partial charge in [0.05, 0.1) is 12.3 Å². The zero-order valence-corrected chi connectivity index (χ0v) is 13.7. The van der Waals surface area contributed by atoms with Crippen molar-refractivity contribution in [2.75, 3.05) is 13.1 Å². The molecule has 0 aliphatic carbocycles. The summed E-state index contributed by atoms with van der Waals surface area (Å²) in [5.41, 5.74) is 2.71. The van der Waals surface area contributed by atoms with E-state index in [4.69, 9.17) is 5.41 Å². The van der Waals surface area contributed by atoms with Crippen LogP contribution >= 0.6 is 0 Å². The average Bonchev–Trinajstić information content (AvgIpc) is 2.79. The minimum atomic E-state index is -1.03. The zero-order chi connectivity index (χ0) is 17.1. The number of alkyl halides is 1. The van der Waals surface area contributed by atoms with Crippen molar-refractivity contribution in [1.82, 2.24) is 5.32 Å². The summed E-state index contributed by atoms with van der Waals surface area (Å²) in [6, 6.07) is 0. The molecule has 1 heterocycles. The maximum Gasteiger partial charge on any atom is 0.120 e. The summed E-state index contributed by atoms with van der Waals surface area (Å²) in [4.78, 5) is 4.17. The number of nitrogens with zero attached hydrogens (tertiary/aromatic N) is 1. The topological polar surface area (TPSA) is 48.2 Å². The Morgan fingerprint density at radius 3 is 2.96 bits per heavy atom. The van der Waals surface area contributed by atoms with Gasteiger partial charge in [0, 0.05) is 18.5 Å². The maximum atomic E-state index is 13.6. The van der Waals surface area contributed by atoms with Crippen LogP contribution in [0.15, 0.2) is 77.0 Å². The second kappa shape index (κ2) is 10.3. The van der Waals surface area contributed by atoms with Gasteiger partial charge in [-0.2, -0.15) is 0 Å². The lowest BCUT2D eigenvalue weighted by Crippen LogP contribution is -2.20. The molecule has 1 atom stereocenters. The molecule has 0 aromatic rings. The number of hydrogen-bond acceptors (Lipinski definition) is 3. The second-order valence-corrected chi connectivity index (χ2v) is 5.14. The predicted molar refractivity (Wildman–Crippen MR) is 98.1 cm³/mol. The summed E-state index contributed by atoms with van der Waals surface area (Å²) in [5.74, 6) is 0. The van der Waals surface area contributed by atoms with E-state index in [1.54, 1.807) is 36.6 Å². The fourth-order valence-electron chi connectivity index (χ4n) is 1.85. The molecule has 0 radical (unpaired) electrons. The molecule has 0 aromatic heterocycles. The zero-order valence-electron chi connectivity index (χ0n) is 13.7. The van der Waals surface area contributed by atoms with E-state index in [0.717, 1.165) is 11.3 Å². The van der Waals surface area contributed by atoms with Gasteiger partial charge in [0.15, 0.2) is 0 Å². The highest BCUT2D eigenvalue weighted by molar-refractivity contribution is 6.07. The quantitative estimate of drug-likeness (QED) is 0.514. The van der Waals surface area contributed by atoms with Crippen molar-refractivity contribution in [3.8, 4) is 0 Å². The van der Waals surface area contributed by atoms with Crippen LogP contribution in [0.2, 0.25) is 0 Å². The molecule has 23 heavy (non-hydrogen) atoms. The first kappa shape index (κ1) is 18.6. The molecule has 0 spiro atoms. The molecule has 1 aliphatic rings. The third kappa shape index (κ3) is 7.36. The molecule has 0 saturated heterocycles. The summed E-state index contributed by atoms with van der Waals surface area (Å²) >= 11 is 0. The van der Waals surface area contributed by atoms with Crippen LogP contribution in [0, 0.1) is 5.41 Å². The summed E-state index contributed by atoms with van der Waals surface area (Å²) in [5, 5.41) is 11.3. The normalized spacial score (nSPS) is 16.9. The Labute approximate surface area is 137 Å². The van der Waals surface area contributed by atoms with Gasteiger partial charge in [0.2, 0.25) is 0 Å². The fourth-order valence-corrected chi connectivity index (χ4v) is 1.85. The van der Waals surface area contributed by atoms with E-state index < -0.39 is 6.17 Å². The molecular formula is C19H24FN3. The molecule has 2 N–H and O–H groups in total. The van der Waals surface area contributed by atoms with Crippen molar-refractivity contribution in [2.24, 2.45) is 4.99 Å². The van der Waals surface area contributed by atoms with Crippen molar-refractivity contribution < 1.29 is 4.39 Å². The van der Waals surface area contributed by atoms with Crippen molar-refractivity contribution in [2.45, 2.75) is 20.0 Å². The van der Waals surface area contributed by atoms with Crippen molar-refractivity contribution >= 4 is 11.9 Å². The third-order valence-electron chi connectivity index (χ3n) is 3.21. The SMILES string of the molecule is C=C/C=C\C=C(\CN/C(C)=C\C(=N)C1=CC=CC=NC1)C(C)F. The molecule has 0 aromatic carbocycles. The lowest BCUT2D eigenvalue weighted by Gasteiger charge is -2.12. The number of hydrogen-bond donors (Lipinski definition) is 2. The number of aliphatic imine (C=N–C) groups is 1. The minimum absolute atomic E-state index is 0.395. The number of nitrogens with one attached hydrogen (secondary N) is 2. The lowest BCUT2D eigenvalue weighted by atomic mass is 10.1. The molecule has 0 fully saturated rings. The van der Waals surface area contributed by atoms with E-state index in [2.05, 4.69) is 16.9 Å². The summed E-state index contributed by atoms with van der Waals surface area (Å²) < 4.78 is 13.6. The maximum absolute atomic E-state index is 13.6. The smallest absolute Gasteiger partial charge is 0.120 e. The predicted octanol–water partition coefficient (Wildman–Crippen LogP) is 4.09. The highest BCUT2D eigenvalue weighted by Crippen LogP contribution is 2.08. The first-order chi connectivity index (χ1) is 11.0. The van der Waals surface area contributed by atoms with Gasteiger partial charge in [0.1, 0.15) is 6.17 Å². The Morgan fingerprint density at radius 2 is 2.26 bits per heavy atom. The third-order valence-corrected chi connectivity index (χ3v) is 3.21. The van der Waals surface area contributed by atoms with Gasteiger partial charge in [-0.05, 0) is 37.1 Å². The van der Waals surface area contributed by atoms with E-state index in [1.165, 1.54) is 6.92 Å². The van der Waals surface area contributed by atoms with Crippen LogP contribution in [-0.4, -0.2) is 31.2 Å². The Morgan fingerprint density at radius 1 is 1.48 bits per heavy atom. The Balaban J connectivity index is 2.66. The summed E-state index contributed by atoms with van der Waals surface area (Å²) in [6.45, 7) is 7.85. The first-order valence-corrected chi connectivity index (χ1v) is 7.53. The van der Waals surface area contributed by atoms with Gasteiger partial charge in [-0.25, -0.2) is 4.39 Å². The number of rotatable bonds is 8. The average molecular weight is 313 g/mol. The lowest BCUT2D eigenvalue weighted by molar-refractivity contribution is 0.404. The number of allylic oxidation sites excluding steroid dienone is 9. The van der Waals surface area contributed by atoms with Crippen LogP contribution in [-0.2, 0) is 0 Å². The van der Waals surface area contributed by atoms with Gasteiger partial charge in [-0.15, -0.1) is 0 Å². The van der Waals surface area contributed by atoms with Crippen molar-refractivity contribution in [3.63, 3.8) is 0 Å². The van der Waals surface area contributed by atoms with E-state index in [-0.39, 0.29) is 0 Å². The summed E-state index contributed by atoms with van der Waals surface area (Å²) in [6.07, 6.45) is 14.9. The number of halogens is 1. The standard InChI is InChI=1S/C19H24FN3/c1-4-5-6-9-17(16(3)20)14-23-15(2)12-19(21)18-10-7-8-11-22-13-18/h4-12,16,21,23H,1,13-14H2,2-3H3/b6-5-,15-12-,17-9-,21-19?. The molecular weight excluding hydrogens is 289 g/mol. The Hall–Kier alpha value is -2.49. The van der Waals surface area contributed by atoms with E-state index in [0.29, 0.717) is 24.4 Å². The van der Waals surface area contributed by atoms with Crippen LogP contribution in [0.3, 0.4) is 0 Å². The molecule has 0 saturated carbocycles. The highest BCUT2D eigenvalue weighted by Gasteiger charge is 2.07. The minimum Gasteiger partial charge on any atom is -0.385 e. The molecule has 1 rings (SSSR count). The van der Waals surface area contributed by atoms with Crippen LogP contribution in [0.25, 0.3) is 0 Å². The molecule has 0 amide bonds. The molecule has 4 heteroatoms. The molecule has 122 valence electrons. The van der Waals surface area contributed by atoms with Gasteiger partial charge in [-0.3, -0.25) is 4.99 Å². The molecule has 1 aliphatic heterocycles. The largest absolute Gasteiger partial charge is 0.385 e. The van der Waals surface area contributed by atoms with E-state index in [1.807, 2.05) is 25.2 Å². The Kier molecular flexibility index (Phi) is 8.29. The fraction of sp³-hybridized carbons (Fsp3) is 0.263. The highest BCUT2D eigenvalue weighted by atomic mass is 19.1. The van der Waals surface area contributed by atoms with Crippen LogP contribution in [0.5, 0.6) is 0 Å². The van der Waals surface area contributed by atoms with Crippen LogP contribution in [0.4, 0.5) is 4.39 Å². The monoisotopic (exact) mass is 313 g/mol. The van der Waals surface area contributed by atoms with Gasteiger partial charge in [-0.1, -0.05) is 43.0 Å². The van der Waals surface area contributed by atoms with Crippen LogP contribution < -0.4 is 5.32 Å².